The Balaban J connectivity index is 1.28. The lowest BCUT2D eigenvalue weighted by Crippen LogP contribution is -2.24. The number of hydrazone groups is 1. The maximum atomic E-state index is 12.4. The maximum Gasteiger partial charge on any atom is 0.243 e. The first kappa shape index (κ1) is 18.8. The van der Waals surface area contributed by atoms with E-state index in [0.29, 0.717) is 11.7 Å². The quantitative estimate of drug-likeness (QED) is 0.782. The second-order valence-corrected chi connectivity index (χ2v) is 8.26. The number of nitrogens with one attached hydrogen (secondary N) is 1. The molecule has 2 amide bonds. The van der Waals surface area contributed by atoms with Gasteiger partial charge in [-0.1, -0.05) is 36.8 Å². The first-order chi connectivity index (χ1) is 13.7. The molecule has 1 aliphatic heterocycles. The third-order valence-corrected chi connectivity index (χ3v) is 6.18. The summed E-state index contributed by atoms with van der Waals surface area (Å²) in [4.78, 5) is 30.5. The number of benzene rings is 1. The van der Waals surface area contributed by atoms with Crippen molar-refractivity contribution in [1.82, 2.24) is 9.99 Å². The SMILES string of the molecule is O=C(CCC(=O)N1CCC(c2ccccc2)=N1)Nc1nc2c(s1)CCCCC2. The molecule has 0 spiro atoms. The van der Waals surface area contributed by atoms with Gasteiger partial charge in [0, 0.05) is 24.1 Å². The number of carbonyl (C=O) groups excluding carboxylic acids is 2. The zero-order chi connectivity index (χ0) is 19.3. The van der Waals surface area contributed by atoms with Crippen LogP contribution >= 0.6 is 11.3 Å². The van der Waals surface area contributed by atoms with Crippen LogP contribution in [0.4, 0.5) is 5.13 Å². The highest BCUT2D eigenvalue weighted by molar-refractivity contribution is 7.15. The molecule has 28 heavy (non-hydrogen) atoms. The number of aryl methyl sites for hydroxylation is 2. The van der Waals surface area contributed by atoms with Gasteiger partial charge in [0.25, 0.3) is 0 Å². The molecule has 0 saturated heterocycles. The number of nitrogens with zero attached hydrogens (tertiary/aromatic N) is 3. The summed E-state index contributed by atoms with van der Waals surface area (Å²) in [5, 5.41) is 9.44. The highest BCUT2D eigenvalue weighted by Gasteiger charge is 2.22. The summed E-state index contributed by atoms with van der Waals surface area (Å²) >= 11 is 1.57. The third-order valence-electron chi connectivity index (χ3n) is 5.10. The zero-order valence-corrected chi connectivity index (χ0v) is 16.6. The third kappa shape index (κ3) is 4.47. The summed E-state index contributed by atoms with van der Waals surface area (Å²) in [6, 6.07) is 9.88. The van der Waals surface area contributed by atoms with Gasteiger partial charge in [-0.05, 0) is 31.2 Å². The molecule has 0 atom stereocenters. The van der Waals surface area contributed by atoms with Crippen LogP contribution in [0, 0.1) is 0 Å². The summed E-state index contributed by atoms with van der Waals surface area (Å²) in [5.41, 5.74) is 3.09. The second-order valence-electron chi connectivity index (χ2n) is 7.18. The van der Waals surface area contributed by atoms with Crippen LogP contribution in [0.2, 0.25) is 0 Å². The fraction of sp³-hybridized carbons (Fsp3) is 0.429. The van der Waals surface area contributed by atoms with Crippen LogP contribution in [0.1, 0.15) is 54.7 Å². The first-order valence-corrected chi connectivity index (χ1v) is 10.7. The molecule has 1 aromatic carbocycles. The Morgan fingerprint density at radius 1 is 1.04 bits per heavy atom. The zero-order valence-electron chi connectivity index (χ0n) is 15.8. The highest BCUT2D eigenvalue weighted by Crippen LogP contribution is 2.29. The van der Waals surface area contributed by atoms with Gasteiger partial charge in [-0.3, -0.25) is 9.59 Å². The van der Waals surface area contributed by atoms with Gasteiger partial charge in [0.1, 0.15) is 0 Å². The molecule has 146 valence electrons. The smallest absolute Gasteiger partial charge is 0.243 e. The number of carbonyl (C=O) groups is 2. The fourth-order valence-corrected chi connectivity index (χ4v) is 4.65. The summed E-state index contributed by atoms with van der Waals surface area (Å²) in [7, 11) is 0. The predicted octanol–water partition coefficient (Wildman–Crippen LogP) is 3.77. The molecule has 7 heteroatoms. The van der Waals surface area contributed by atoms with E-state index in [9.17, 15) is 9.59 Å². The van der Waals surface area contributed by atoms with Gasteiger partial charge in [-0.2, -0.15) is 5.10 Å². The Labute approximate surface area is 168 Å². The van der Waals surface area contributed by atoms with E-state index < -0.39 is 0 Å². The minimum absolute atomic E-state index is 0.115. The molecule has 6 nitrogen and oxygen atoms in total. The van der Waals surface area contributed by atoms with Gasteiger partial charge in [-0.25, -0.2) is 9.99 Å². The van der Waals surface area contributed by atoms with Crippen molar-refractivity contribution >= 4 is 34.0 Å². The lowest BCUT2D eigenvalue weighted by Gasteiger charge is -2.10. The molecule has 1 aromatic heterocycles. The summed E-state index contributed by atoms with van der Waals surface area (Å²) < 4.78 is 0. The number of hydrogen-bond acceptors (Lipinski definition) is 5. The molecule has 1 aliphatic carbocycles. The van der Waals surface area contributed by atoms with Crippen molar-refractivity contribution in [2.45, 2.75) is 51.4 Å². The lowest BCUT2D eigenvalue weighted by atomic mass is 10.1. The topological polar surface area (TPSA) is 74.7 Å². The van der Waals surface area contributed by atoms with Gasteiger partial charge in [-0.15, -0.1) is 11.3 Å². The van der Waals surface area contributed by atoms with Gasteiger partial charge in [0.2, 0.25) is 11.8 Å². The van der Waals surface area contributed by atoms with Crippen molar-refractivity contribution < 1.29 is 9.59 Å². The summed E-state index contributed by atoms with van der Waals surface area (Å²) in [6.45, 7) is 0.573. The van der Waals surface area contributed by atoms with Crippen molar-refractivity contribution in [1.29, 1.82) is 0 Å². The molecule has 0 radical (unpaired) electrons. The number of anilines is 1. The fourth-order valence-electron chi connectivity index (χ4n) is 3.58. The van der Waals surface area contributed by atoms with E-state index in [1.807, 2.05) is 30.3 Å². The molecular formula is C21H24N4O2S. The van der Waals surface area contributed by atoms with Crippen molar-refractivity contribution in [3.8, 4) is 0 Å². The molecule has 1 N–H and O–H groups in total. The van der Waals surface area contributed by atoms with Crippen LogP contribution in [0.3, 0.4) is 0 Å². The van der Waals surface area contributed by atoms with E-state index in [2.05, 4.69) is 15.4 Å². The molecule has 2 aliphatic rings. The number of fused-ring (bicyclic) bond motifs is 1. The Morgan fingerprint density at radius 3 is 2.71 bits per heavy atom. The van der Waals surface area contributed by atoms with Crippen LogP contribution in [-0.2, 0) is 22.4 Å². The molecule has 2 heterocycles. The van der Waals surface area contributed by atoms with E-state index in [-0.39, 0.29) is 24.7 Å². The largest absolute Gasteiger partial charge is 0.302 e. The average Bonchev–Trinajstić information content (AvgIpc) is 3.29. The molecule has 4 rings (SSSR count). The van der Waals surface area contributed by atoms with E-state index >= 15 is 0 Å². The number of amides is 2. The molecule has 0 fully saturated rings. The van der Waals surface area contributed by atoms with Crippen molar-refractivity contribution in [2.75, 3.05) is 11.9 Å². The van der Waals surface area contributed by atoms with Gasteiger partial charge in [0.15, 0.2) is 5.13 Å². The van der Waals surface area contributed by atoms with E-state index in [1.54, 1.807) is 11.3 Å². The molecule has 0 bridgehead atoms. The Bertz CT molecular complexity index is 868. The number of rotatable bonds is 5. The van der Waals surface area contributed by atoms with E-state index in [1.165, 1.54) is 29.1 Å². The Morgan fingerprint density at radius 2 is 1.86 bits per heavy atom. The van der Waals surface area contributed by atoms with Crippen LogP contribution < -0.4 is 5.32 Å². The minimum atomic E-state index is -0.163. The van der Waals surface area contributed by atoms with Gasteiger partial charge >= 0.3 is 0 Å². The number of aromatic nitrogens is 1. The first-order valence-electron chi connectivity index (χ1n) is 9.91. The lowest BCUT2D eigenvalue weighted by molar-refractivity contribution is -0.132. The minimum Gasteiger partial charge on any atom is -0.302 e. The standard InChI is InChI=1S/C21H24N4O2S/c26-19(23-21-22-17-9-5-2-6-10-18(17)28-21)11-12-20(27)25-14-13-16(24-25)15-7-3-1-4-8-15/h1,3-4,7-8H,2,5-6,9-14H2,(H,22,23,26). The molecule has 2 aromatic rings. The average molecular weight is 397 g/mol. The number of thiazole rings is 1. The van der Waals surface area contributed by atoms with Crippen LogP contribution in [0.25, 0.3) is 0 Å². The van der Waals surface area contributed by atoms with E-state index in [0.717, 1.165) is 36.2 Å². The van der Waals surface area contributed by atoms with E-state index in [4.69, 9.17) is 0 Å². The van der Waals surface area contributed by atoms with Crippen LogP contribution in [-0.4, -0.2) is 34.1 Å². The summed E-state index contributed by atoms with van der Waals surface area (Å²) in [5.74, 6) is -0.278. The van der Waals surface area contributed by atoms with Gasteiger partial charge < -0.3 is 5.32 Å². The molecule has 0 unspecified atom stereocenters. The monoisotopic (exact) mass is 396 g/mol. The number of hydrogen-bond donors (Lipinski definition) is 1. The van der Waals surface area contributed by atoms with Gasteiger partial charge in [0.05, 0.1) is 18.0 Å². The highest BCUT2D eigenvalue weighted by atomic mass is 32.1. The van der Waals surface area contributed by atoms with Crippen molar-refractivity contribution in [3.63, 3.8) is 0 Å². The van der Waals surface area contributed by atoms with Crippen LogP contribution in [0.15, 0.2) is 35.4 Å². The maximum absolute atomic E-state index is 12.4. The molecule has 0 saturated carbocycles. The predicted molar refractivity (Wildman–Crippen MR) is 111 cm³/mol. The Hall–Kier alpha value is -2.54. The van der Waals surface area contributed by atoms with Crippen molar-refractivity contribution in [2.24, 2.45) is 5.10 Å². The van der Waals surface area contributed by atoms with Crippen LogP contribution in [0.5, 0.6) is 0 Å². The van der Waals surface area contributed by atoms with Crippen molar-refractivity contribution in [3.05, 3.63) is 46.5 Å². The summed E-state index contributed by atoms with van der Waals surface area (Å²) in [6.07, 6.45) is 6.70. The Kier molecular flexibility index (Phi) is 5.81. The molecular weight excluding hydrogens is 372 g/mol. The normalized spacial score (nSPS) is 16.3. The second kappa shape index (κ2) is 8.65.